The van der Waals surface area contributed by atoms with Crippen LogP contribution in [-0.4, -0.2) is 23.1 Å². The van der Waals surface area contributed by atoms with Crippen LogP contribution in [0.1, 0.15) is 35.7 Å². The van der Waals surface area contributed by atoms with E-state index in [1.54, 1.807) is 19.1 Å². The molecule has 1 aromatic rings. The first-order valence-electron chi connectivity index (χ1n) is 6.36. The highest BCUT2D eigenvalue weighted by Gasteiger charge is 2.15. The van der Waals surface area contributed by atoms with Gasteiger partial charge in [-0.15, -0.1) is 6.42 Å². The monoisotopic (exact) mass is 274 g/mol. The van der Waals surface area contributed by atoms with Crippen LogP contribution in [0.15, 0.2) is 18.2 Å². The van der Waals surface area contributed by atoms with E-state index >= 15 is 0 Å². The minimum absolute atomic E-state index is 0.0490. The number of rotatable bonds is 5. The number of benzene rings is 1. The van der Waals surface area contributed by atoms with Crippen LogP contribution >= 0.6 is 0 Å². The van der Waals surface area contributed by atoms with Gasteiger partial charge in [-0.1, -0.05) is 31.4 Å². The van der Waals surface area contributed by atoms with Gasteiger partial charge in [0.1, 0.15) is 0 Å². The van der Waals surface area contributed by atoms with Crippen LogP contribution in [0.25, 0.3) is 0 Å². The summed E-state index contributed by atoms with van der Waals surface area (Å²) in [5, 5.41) is 14.3. The molecule has 3 N–H and O–H groups in total. The Kier molecular flexibility index (Phi) is 5.60. The van der Waals surface area contributed by atoms with E-state index in [0.717, 1.165) is 6.42 Å². The molecular weight excluding hydrogens is 256 g/mol. The molecule has 106 valence electrons. The molecule has 20 heavy (non-hydrogen) atoms. The number of aromatic carboxylic acids is 1. The first kappa shape index (κ1) is 15.6. The smallest absolute Gasteiger partial charge is 0.337 e. The van der Waals surface area contributed by atoms with Gasteiger partial charge in [-0.05, 0) is 25.0 Å². The van der Waals surface area contributed by atoms with Gasteiger partial charge in [0.25, 0.3) is 0 Å². The van der Waals surface area contributed by atoms with Crippen LogP contribution in [-0.2, 0) is 0 Å². The Morgan fingerprint density at radius 2 is 2.15 bits per heavy atom. The zero-order valence-electron chi connectivity index (χ0n) is 11.6. The van der Waals surface area contributed by atoms with Gasteiger partial charge in [0.2, 0.25) is 0 Å². The highest BCUT2D eigenvalue weighted by atomic mass is 16.4. The number of para-hydroxylation sites is 1. The Morgan fingerprint density at radius 1 is 1.45 bits per heavy atom. The predicted molar refractivity (Wildman–Crippen MR) is 77.8 cm³/mol. The van der Waals surface area contributed by atoms with Crippen LogP contribution in [0.3, 0.4) is 0 Å². The molecule has 0 radical (unpaired) electrons. The molecule has 1 atom stereocenters. The average Bonchev–Trinajstić information content (AvgIpc) is 2.40. The second-order valence-corrected chi connectivity index (χ2v) is 4.41. The fraction of sp³-hybridized carbons (Fsp3) is 0.333. The van der Waals surface area contributed by atoms with Crippen LogP contribution in [0.4, 0.5) is 10.5 Å². The van der Waals surface area contributed by atoms with Gasteiger partial charge in [-0.2, -0.15) is 0 Å². The largest absolute Gasteiger partial charge is 0.478 e. The number of terminal acetylenes is 1. The Bertz CT molecular complexity index is 547. The van der Waals surface area contributed by atoms with Crippen molar-refractivity contribution in [3.8, 4) is 12.3 Å². The number of carboxylic acids is 1. The van der Waals surface area contributed by atoms with Gasteiger partial charge in [-0.3, -0.25) is 0 Å². The molecular formula is C15H18N2O3. The van der Waals surface area contributed by atoms with Crippen molar-refractivity contribution in [1.29, 1.82) is 0 Å². The molecule has 5 heteroatoms. The Hall–Kier alpha value is -2.48. The third-order valence-corrected chi connectivity index (χ3v) is 2.83. The molecule has 1 rings (SSSR count). The fourth-order valence-electron chi connectivity index (χ4n) is 1.81. The van der Waals surface area contributed by atoms with E-state index in [-0.39, 0.29) is 17.3 Å². The van der Waals surface area contributed by atoms with E-state index in [4.69, 9.17) is 11.5 Å². The molecule has 0 spiro atoms. The molecule has 0 saturated carbocycles. The van der Waals surface area contributed by atoms with Crippen molar-refractivity contribution in [2.45, 2.75) is 32.7 Å². The minimum atomic E-state index is -1.09. The maximum absolute atomic E-state index is 11.9. The first-order valence-corrected chi connectivity index (χ1v) is 6.36. The summed E-state index contributed by atoms with van der Waals surface area (Å²) in [6.45, 7) is 3.70. The van der Waals surface area contributed by atoms with Crippen LogP contribution < -0.4 is 10.6 Å². The van der Waals surface area contributed by atoms with Crippen molar-refractivity contribution in [3.63, 3.8) is 0 Å². The van der Waals surface area contributed by atoms with Gasteiger partial charge in [0, 0.05) is 0 Å². The fourth-order valence-corrected chi connectivity index (χ4v) is 1.81. The number of urea groups is 1. The molecule has 0 aliphatic carbocycles. The second kappa shape index (κ2) is 7.19. The third-order valence-electron chi connectivity index (χ3n) is 2.83. The summed E-state index contributed by atoms with van der Waals surface area (Å²) < 4.78 is 0. The van der Waals surface area contributed by atoms with E-state index in [2.05, 4.69) is 16.6 Å². The molecule has 2 amide bonds. The highest BCUT2D eigenvalue weighted by Crippen LogP contribution is 2.20. The van der Waals surface area contributed by atoms with E-state index < -0.39 is 12.0 Å². The first-order chi connectivity index (χ1) is 9.49. The lowest BCUT2D eigenvalue weighted by atomic mass is 10.1. The highest BCUT2D eigenvalue weighted by molar-refractivity contribution is 6.01. The van der Waals surface area contributed by atoms with Gasteiger partial charge in [-0.25, -0.2) is 9.59 Å². The predicted octanol–water partition coefficient (Wildman–Crippen LogP) is 2.62. The van der Waals surface area contributed by atoms with E-state index in [1.807, 2.05) is 6.92 Å². The van der Waals surface area contributed by atoms with Gasteiger partial charge >= 0.3 is 12.0 Å². The summed E-state index contributed by atoms with van der Waals surface area (Å²) in [5.74, 6) is 1.39. The number of amides is 2. The normalized spacial score (nSPS) is 11.2. The zero-order valence-corrected chi connectivity index (χ0v) is 11.6. The molecule has 5 nitrogen and oxygen atoms in total. The molecule has 0 saturated heterocycles. The summed E-state index contributed by atoms with van der Waals surface area (Å²) in [5.41, 5.74) is 1.01. The second-order valence-electron chi connectivity index (χ2n) is 4.41. The topological polar surface area (TPSA) is 78.4 Å². The van der Waals surface area contributed by atoms with Crippen LogP contribution in [0, 0.1) is 19.3 Å². The number of carbonyl (C=O) groups is 2. The number of hydrogen-bond donors (Lipinski definition) is 3. The summed E-state index contributed by atoms with van der Waals surface area (Å²) in [7, 11) is 0. The number of carboxylic acid groups (broad SMARTS) is 1. The molecule has 0 aliphatic rings. The van der Waals surface area contributed by atoms with Crippen molar-refractivity contribution < 1.29 is 14.7 Å². The third kappa shape index (κ3) is 4.02. The van der Waals surface area contributed by atoms with Gasteiger partial charge in [0.05, 0.1) is 17.3 Å². The maximum atomic E-state index is 11.9. The summed E-state index contributed by atoms with van der Waals surface area (Å²) >= 11 is 0. The Balaban J connectivity index is 2.86. The maximum Gasteiger partial charge on any atom is 0.337 e. The molecule has 0 aliphatic heterocycles. The van der Waals surface area contributed by atoms with E-state index in [0.29, 0.717) is 12.0 Å². The van der Waals surface area contributed by atoms with Crippen molar-refractivity contribution in [3.05, 3.63) is 29.3 Å². The Morgan fingerprint density at radius 3 is 2.70 bits per heavy atom. The zero-order chi connectivity index (χ0) is 15.1. The number of nitrogens with one attached hydrogen (secondary N) is 2. The summed E-state index contributed by atoms with van der Waals surface area (Å²) in [4.78, 5) is 23.0. The molecule has 0 heterocycles. The van der Waals surface area contributed by atoms with Crippen molar-refractivity contribution in [1.82, 2.24) is 5.32 Å². The quantitative estimate of drug-likeness (QED) is 0.722. The molecule has 1 aromatic carbocycles. The van der Waals surface area contributed by atoms with Crippen molar-refractivity contribution in [2.75, 3.05) is 5.32 Å². The number of anilines is 1. The van der Waals surface area contributed by atoms with Crippen molar-refractivity contribution >= 4 is 17.7 Å². The summed E-state index contributed by atoms with van der Waals surface area (Å²) in [6, 6.07) is 3.93. The van der Waals surface area contributed by atoms with Gasteiger partial charge in [0.15, 0.2) is 0 Å². The van der Waals surface area contributed by atoms with Gasteiger partial charge < -0.3 is 15.7 Å². The molecule has 0 bridgehead atoms. The van der Waals surface area contributed by atoms with E-state index in [1.165, 1.54) is 6.07 Å². The lowest BCUT2D eigenvalue weighted by Crippen LogP contribution is -2.37. The Labute approximate surface area is 118 Å². The standard InChI is InChI=1S/C15H18N2O3/c1-4-7-11(5-2)16-15(20)17-13-10(3)8-6-9-12(13)14(18)19/h2,6,8-9,11H,4,7H2,1,3H3,(H,18,19)(H2,16,17,20). The minimum Gasteiger partial charge on any atom is -0.478 e. The molecule has 0 aromatic heterocycles. The number of aryl methyl sites for hydroxylation is 1. The lowest BCUT2D eigenvalue weighted by Gasteiger charge is -2.15. The molecule has 1 unspecified atom stereocenters. The lowest BCUT2D eigenvalue weighted by molar-refractivity contribution is 0.0698. The molecule has 0 fully saturated rings. The van der Waals surface area contributed by atoms with E-state index in [9.17, 15) is 9.59 Å². The number of hydrogen-bond acceptors (Lipinski definition) is 2. The van der Waals surface area contributed by atoms with Crippen LogP contribution in [0.2, 0.25) is 0 Å². The average molecular weight is 274 g/mol. The number of carbonyl (C=O) groups excluding carboxylic acids is 1. The van der Waals surface area contributed by atoms with Crippen LogP contribution in [0.5, 0.6) is 0 Å². The summed E-state index contributed by atoms with van der Waals surface area (Å²) in [6.07, 6.45) is 6.84. The SMILES string of the molecule is C#CC(CCC)NC(=O)Nc1c(C)cccc1C(=O)O. The van der Waals surface area contributed by atoms with Crippen molar-refractivity contribution in [2.24, 2.45) is 0 Å².